The van der Waals surface area contributed by atoms with Crippen molar-refractivity contribution < 1.29 is 9.18 Å². The summed E-state index contributed by atoms with van der Waals surface area (Å²) in [7, 11) is 0. The van der Waals surface area contributed by atoms with Crippen LogP contribution in [0.5, 0.6) is 0 Å². The molecule has 0 amide bonds. The average molecular weight is 255 g/mol. The molecule has 0 bridgehead atoms. The molecule has 0 saturated heterocycles. The third kappa shape index (κ3) is 3.06. The molecule has 2 rings (SSSR count). The highest BCUT2D eigenvalue weighted by atomic mass is 35.5. The van der Waals surface area contributed by atoms with Crippen molar-refractivity contribution in [3.8, 4) is 0 Å². The van der Waals surface area contributed by atoms with Gasteiger partial charge in [-0.2, -0.15) is 0 Å². The van der Waals surface area contributed by atoms with Gasteiger partial charge in [-0.05, 0) is 18.4 Å². The van der Waals surface area contributed by atoms with Crippen molar-refractivity contribution in [1.82, 2.24) is 0 Å². The van der Waals surface area contributed by atoms with Crippen LogP contribution in [0.1, 0.15) is 31.2 Å². The smallest absolute Gasteiger partial charge is 0.245 e. The Morgan fingerprint density at radius 3 is 2.47 bits per heavy atom. The largest absolute Gasteiger partial charge is 0.294 e. The second-order valence-electron chi connectivity index (χ2n) is 4.71. The number of ketones is 1. The summed E-state index contributed by atoms with van der Waals surface area (Å²) in [6.07, 6.45) is 3.55. The molecule has 1 aromatic carbocycles. The standard InChI is InChI=1S/C14H16ClFO/c15-14(16,10-11-6-2-1-3-7-11)13(17)12-8-4-5-9-12/h1-3,6-7,12H,4-5,8-10H2. The van der Waals surface area contributed by atoms with Crippen molar-refractivity contribution in [3.05, 3.63) is 35.9 Å². The SMILES string of the molecule is O=C(C1CCCC1)C(F)(Cl)Cc1ccccc1. The van der Waals surface area contributed by atoms with E-state index in [0.29, 0.717) is 0 Å². The van der Waals surface area contributed by atoms with E-state index < -0.39 is 10.9 Å². The van der Waals surface area contributed by atoms with Crippen LogP contribution in [0.4, 0.5) is 4.39 Å². The molecule has 0 aromatic heterocycles. The van der Waals surface area contributed by atoms with E-state index in [-0.39, 0.29) is 12.3 Å². The molecule has 0 aliphatic heterocycles. The molecule has 0 spiro atoms. The number of alkyl halides is 2. The van der Waals surface area contributed by atoms with E-state index in [4.69, 9.17) is 11.6 Å². The molecular formula is C14H16ClFO. The molecule has 0 N–H and O–H groups in total. The number of hydrogen-bond acceptors (Lipinski definition) is 1. The highest BCUT2D eigenvalue weighted by Gasteiger charge is 2.41. The molecule has 1 nitrogen and oxygen atoms in total. The van der Waals surface area contributed by atoms with E-state index in [1.807, 2.05) is 18.2 Å². The minimum Gasteiger partial charge on any atom is -0.294 e. The molecule has 1 fully saturated rings. The summed E-state index contributed by atoms with van der Waals surface area (Å²) in [4.78, 5) is 12.0. The molecule has 1 aromatic rings. The highest BCUT2D eigenvalue weighted by molar-refractivity contribution is 6.34. The van der Waals surface area contributed by atoms with Crippen LogP contribution >= 0.6 is 11.6 Å². The fourth-order valence-corrected chi connectivity index (χ4v) is 2.73. The first-order chi connectivity index (χ1) is 8.09. The second kappa shape index (κ2) is 5.18. The normalized spacial score (nSPS) is 20.1. The van der Waals surface area contributed by atoms with Crippen molar-refractivity contribution in [2.75, 3.05) is 0 Å². The van der Waals surface area contributed by atoms with Crippen LogP contribution in [-0.2, 0) is 11.2 Å². The van der Waals surface area contributed by atoms with Crippen LogP contribution in [-0.4, -0.2) is 10.9 Å². The number of carbonyl (C=O) groups is 1. The summed E-state index contributed by atoms with van der Waals surface area (Å²) in [5.41, 5.74) is 0.761. The summed E-state index contributed by atoms with van der Waals surface area (Å²) in [5, 5.41) is -2.24. The zero-order chi connectivity index (χ0) is 12.3. The Morgan fingerprint density at radius 2 is 1.88 bits per heavy atom. The Morgan fingerprint density at radius 1 is 1.29 bits per heavy atom. The van der Waals surface area contributed by atoms with Crippen molar-refractivity contribution in [1.29, 1.82) is 0 Å². The van der Waals surface area contributed by atoms with E-state index >= 15 is 0 Å². The summed E-state index contributed by atoms with van der Waals surface area (Å²) in [6.45, 7) is 0. The predicted octanol–water partition coefficient (Wildman–Crippen LogP) is 3.89. The van der Waals surface area contributed by atoms with Crippen molar-refractivity contribution in [3.63, 3.8) is 0 Å². The Balaban J connectivity index is 2.05. The first-order valence-electron chi connectivity index (χ1n) is 6.06. The van der Waals surface area contributed by atoms with Crippen LogP contribution in [0.25, 0.3) is 0 Å². The maximum Gasteiger partial charge on any atom is 0.245 e. The van der Waals surface area contributed by atoms with Gasteiger partial charge in [-0.1, -0.05) is 54.8 Å². The van der Waals surface area contributed by atoms with Crippen LogP contribution in [0.3, 0.4) is 0 Å². The van der Waals surface area contributed by atoms with Gasteiger partial charge >= 0.3 is 0 Å². The van der Waals surface area contributed by atoms with E-state index in [1.54, 1.807) is 12.1 Å². The lowest BCUT2D eigenvalue weighted by molar-refractivity contribution is -0.129. The molecule has 1 saturated carbocycles. The molecule has 92 valence electrons. The quantitative estimate of drug-likeness (QED) is 0.745. The lowest BCUT2D eigenvalue weighted by atomic mass is 9.95. The van der Waals surface area contributed by atoms with Gasteiger partial charge in [0.1, 0.15) is 0 Å². The van der Waals surface area contributed by atoms with Crippen molar-refractivity contribution >= 4 is 17.4 Å². The topological polar surface area (TPSA) is 17.1 Å². The van der Waals surface area contributed by atoms with Gasteiger partial charge in [0.15, 0.2) is 5.78 Å². The van der Waals surface area contributed by atoms with E-state index in [2.05, 4.69) is 0 Å². The van der Waals surface area contributed by atoms with Gasteiger partial charge in [-0.25, -0.2) is 4.39 Å². The van der Waals surface area contributed by atoms with Crippen LogP contribution < -0.4 is 0 Å². The minimum absolute atomic E-state index is 0.0370. The molecule has 17 heavy (non-hydrogen) atoms. The maximum absolute atomic E-state index is 14.2. The van der Waals surface area contributed by atoms with Crippen LogP contribution in [0, 0.1) is 5.92 Å². The molecule has 1 unspecified atom stereocenters. The Hall–Kier alpha value is -0.890. The average Bonchev–Trinajstić information content (AvgIpc) is 2.82. The Labute approximate surface area is 106 Å². The molecule has 0 radical (unpaired) electrons. The number of carbonyl (C=O) groups excluding carboxylic acids is 1. The Kier molecular flexibility index (Phi) is 3.82. The van der Waals surface area contributed by atoms with Gasteiger partial charge in [-0.3, -0.25) is 4.79 Å². The zero-order valence-corrected chi connectivity index (χ0v) is 10.4. The van der Waals surface area contributed by atoms with Gasteiger partial charge < -0.3 is 0 Å². The molecule has 0 heterocycles. The zero-order valence-electron chi connectivity index (χ0n) is 9.66. The number of halogens is 2. The number of rotatable bonds is 4. The second-order valence-corrected chi connectivity index (χ2v) is 5.31. The molecule has 3 heteroatoms. The Bertz CT molecular complexity index is 382. The summed E-state index contributed by atoms with van der Waals surface area (Å²) >= 11 is 5.79. The fraction of sp³-hybridized carbons (Fsp3) is 0.500. The van der Waals surface area contributed by atoms with Crippen molar-refractivity contribution in [2.24, 2.45) is 5.92 Å². The van der Waals surface area contributed by atoms with E-state index in [1.165, 1.54) is 0 Å². The third-order valence-corrected chi connectivity index (χ3v) is 3.68. The van der Waals surface area contributed by atoms with Gasteiger partial charge in [-0.15, -0.1) is 0 Å². The highest BCUT2D eigenvalue weighted by Crippen LogP contribution is 2.34. The van der Waals surface area contributed by atoms with Crippen molar-refractivity contribution in [2.45, 2.75) is 37.2 Å². The predicted molar refractivity (Wildman–Crippen MR) is 66.8 cm³/mol. The lowest BCUT2D eigenvalue weighted by Gasteiger charge is -2.20. The van der Waals surface area contributed by atoms with Gasteiger partial charge in [0.25, 0.3) is 0 Å². The lowest BCUT2D eigenvalue weighted by Crippen LogP contribution is -2.34. The summed E-state index contributed by atoms with van der Waals surface area (Å²) in [5.74, 6) is -0.610. The number of Topliss-reactive ketones (excluding diaryl/α,β-unsaturated/α-hetero) is 1. The summed E-state index contributed by atoms with van der Waals surface area (Å²) in [6, 6.07) is 9.08. The molecule has 1 aliphatic carbocycles. The number of hydrogen-bond donors (Lipinski definition) is 0. The fourth-order valence-electron chi connectivity index (χ4n) is 2.43. The maximum atomic E-state index is 14.2. The van der Waals surface area contributed by atoms with Gasteiger partial charge in [0, 0.05) is 12.3 Å². The molecule has 1 aliphatic rings. The van der Waals surface area contributed by atoms with Crippen LogP contribution in [0.15, 0.2) is 30.3 Å². The van der Waals surface area contributed by atoms with Gasteiger partial charge in [0.05, 0.1) is 0 Å². The van der Waals surface area contributed by atoms with Gasteiger partial charge in [0.2, 0.25) is 5.13 Å². The van der Waals surface area contributed by atoms with Crippen LogP contribution in [0.2, 0.25) is 0 Å². The van der Waals surface area contributed by atoms with E-state index in [0.717, 1.165) is 31.2 Å². The summed E-state index contributed by atoms with van der Waals surface area (Å²) < 4.78 is 14.2. The first-order valence-corrected chi connectivity index (χ1v) is 6.43. The monoisotopic (exact) mass is 254 g/mol. The minimum atomic E-state index is -2.24. The number of benzene rings is 1. The molecule has 1 atom stereocenters. The van der Waals surface area contributed by atoms with E-state index in [9.17, 15) is 9.18 Å². The molecular weight excluding hydrogens is 239 g/mol. The third-order valence-electron chi connectivity index (χ3n) is 3.36. The first kappa shape index (κ1) is 12.6.